The molecule has 0 fully saturated rings. The van der Waals surface area contributed by atoms with Gasteiger partial charge in [-0.25, -0.2) is 0 Å². The van der Waals surface area contributed by atoms with Gasteiger partial charge in [0.15, 0.2) is 8.32 Å². The number of carbonyl (C=O) groups excluding carboxylic acids is 1. The highest BCUT2D eigenvalue weighted by Crippen LogP contribution is 2.36. The van der Waals surface area contributed by atoms with Gasteiger partial charge in [-0.3, -0.25) is 4.79 Å². The molecule has 0 bridgehead atoms. The van der Waals surface area contributed by atoms with Gasteiger partial charge in [0.25, 0.3) is 0 Å². The van der Waals surface area contributed by atoms with Gasteiger partial charge in [-0.2, -0.15) is 0 Å². The highest BCUT2D eigenvalue weighted by molar-refractivity contribution is 9.09. The van der Waals surface area contributed by atoms with E-state index >= 15 is 0 Å². The molecule has 5 heteroatoms. The van der Waals surface area contributed by atoms with Crippen LogP contribution in [0.3, 0.4) is 0 Å². The first kappa shape index (κ1) is 19.1. The molecular formula is C14H30BrNO2Si. The van der Waals surface area contributed by atoms with Crippen molar-refractivity contribution in [3.63, 3.8) is 0 Å². The number of carbonyl (C=O) groups is 1. The Labute approximate surface area is 128 Å². The van der Waals surface area contributed by atoms with Crippen molar-refractivity contribution >= 4 is 30.2 Å². The van der Waals surface area contributed by atoms with Crippen LogP contribution >= 0.6 is 15.9 Å². The average Bonchev–Trinajstić information content (AvgIpc) is 2.30. The first-order valence-corrected chi connectivity index (χ1v) is 11.2. The predicted molar refractivity (Wildman–Crippen MR) is 88.4 cm³/mol. The molecule has 0 aliphatic rings. The molecule has 0 radical (unpaired) electrons. The number of rotatable bonds is 9. The van der Waals surface area contributed by atoms with Crippen molar-refractivity contribution in [3.05, 3.63) is 0 Å². The fourth-order valence-corrected chi connectivity index (χ4v) is 2.69. The molecule has 0 heterocycles. The summed E-state index contributed by atoms with van der Waals surface area (Å²) in [6.45, 7) is 13.1. The van der Waals surface area contributed by atoms with Crippen LogP contribution in [0.25, 0.3) is 0 Å². The molecule has 0 rings (SSSR count). The lowest BCUT2D eigenvalue weighted by molar-refractivity contribution is -0.118. The largest absolute Gasteiger partial charge is 0.417 e. The molecule has 0 aliphatic heterocycles. The van der Waals surface area contributed by atoms with Crippen molar-refractivity contribution in [1.29, 1.82) is 0 Å². The average molecular weight is 352 g/mol. The number of halogens is 1. The molecule has 0 aromatic heterocycles. The minimum Gasteiger partial charge on any atom is -0.417 e. The minimum absolute atomic E-state index is 0.0706. The summed E-state index contributed by atoms with van der Waals surface area (Å²) in [5.41, 5.74) is 0. The van der Waals surface area contributed by atoms with Crippen LogP contribution in [-0.4, -0.2) is 32.7 Å². The standard InChI is InChI=1S/C14H30BrNO2Si/c1-14(2,3)19(4,5)18-11-9-7-6-8-10-16-13(17)12-15/h6-12H2,1-5H3,(H,16,17). The van der Waals surface area contributed by atoms with Gasteiger partial charge < -0.3 is 9.74 Å². The van der Waals surface area contributed by atoms with Gasteiger partial charge in [0, 0.05) is 13.2 Å². The maximum absolute atomic E-state index is 11.0. The Morgan fingerprint density at radius 2 is 1.74 bits per heavy atom. The molecule has 1 N–H and O–H groups in total. The van der Waals surface area contributed by atoms with E-state index in [4.69, 9.17) is 4.43 Å². The molecule has 0 spiro atoms. The van der Waals surface area contributed by atoms with Gasteiger partial charge in [0.2, 0.25) is 5.91 Å². The van der Waals surface area contributed by atoms with Crippen LogP contribution in [0.15, 0.2) is 0 Å². The maximum Gasteiger partial charge on any atom is 0.230 e. The molecule has 0 aromatic rings. The summed E-state index contributed by atoms with van der Waals surface area (Å²) in [6.07, 6.45) is 4.51. The van der Waals surface area contributed by atoms with E-state index in [0.717, 1.165) is 32.4 Å². The molecule has 114 valence electrons. The number of amides is 1. The lowest BCUT2D eigenvalue weighted by Crippen LogP contribution is -2.40. The monoisotopic (exact) mass is 351 g/mol. The number of alkyl halides is 1. The Morgan fingerprint density at radius 3 is 2.26 bits per heavy atom. The van der Waals surface area contributed by atoms with Gasteiger partial charge in [0.05, 0.1) is 5.33 Å². The van der Waals surface area contributed by atoms with Gasteiger partial charge in [-0.1, -0.05) is 49.5 Å². The van der Waals surface area contributed by atoms with E-state index in [2.05, 4.69) is 55.1 Å². The van der Waals surface area contributed by atoms with E-state index in [9.17, 15) is 4.79 Å². The highest BCUT2D eigenvalue weighted by atomic mass is 79.9. The van der Waals surface area contributed by atoms with Gasteiger partial charge in [-0.05, 0) is 31.0 Å². The van der Waals surface area contributed by atoms with Crippen LogP contribution in [-0.2, 0) is 9.22 Å². The van der Waals surface area contributed by atoms with Crippen LogP contribution in [0.1, 0.15) is 46.5 Å². The molecule has 3 nitrogen and oxygen atoms in total. The summed E-state index contributed by atoms with van der Waals surface area (Å²) in [6, 6.07) is 0. The van der Waals surface area contributed by atoms with Gasteiger partial charge >= 0.3 is 0 Å². The molecule has 0 aliphatic carbocycles. The normalized spacial score (nSPS) is 12.5. The zero-order valence-electron chi connectivity index (χ0n) is 13.1. The van der Waals surface area contributed by atoms with Crippen molar-refractivity contribution in [2.24, 2.45) is 0 Å². The Hall–Kier alpha value is 0.127. The zero-order chi connectivity index (χ0) is 14.9. The van der Waals surface area contributed by atoms with Crippen molar-refractivity contribution in [1.82, 2.24) is 5.32 Å². The number of nitrogens with one attached hydrogen (secondary N) is 1. The van der Waals surface area contributed by atoms with Crippen molar-refractivity contribution in [2.45, 2.75) is 64.6 Å². The Morgan fingerprint density at radius 1 is 1.16 bits per heavy atom. The molecule has 0 unspecified atom stereocenters. The Bertz CT molecular complexity index is 265. The van der Waals surface area contributed by atoms with E-state index in [1.165, 1.54) is 6.42 Å². The zero-order valence-corrected chi connectivity index (χ0v) is 15.7. The van der Waals surface area contributed by atoms with E-state index in [1.54, 1.807) is 0 Å². The SMILES string of the molecule is CC(C)(C)[Si](C)(C)OCCCCCCNC(=O)CBr. The second-order valence-electron chi connectivity index (χ2n) is 6.51. The molecule has 19 heavy (non-hydrogen) atoms. The summed E-state index contributed by atoms with van der Waals surface area (Å²) in [5, 5.41) is 3.55. The van der Waals surface area contributed by atoms with Crippen molar-refractivity contribution < 1.29 is 9.22 Å². The first-order chi connectivity index (χ1) is 8.70. The predicted octanol–water partition coefficient (Wildman–Crippen LogP) is 4.08. The van der Waals surface area contributed by atoms with Crippen LogP contribution in [0.4, 0.5) is 0 Å². The molecule has 1 amide bonds. The quantitative estimate of drug-likeness (QED) is 0.386. The summed E-state index contributed by atoms with van der Waals surface area (Å²) in [7, 11) is -1.56. The summed E-state index contributed by atoms with van der Waals surface area (Å²) in [4.78, 5) is 11.0. The third kappa shape index (κ3) is 8.81. The third-order valence-corrected chi connectivity index (χ3v) is 8.83. The maximum atomic E-state index is 11.0. The number of hydrogen-bond acceptors (Lipinski definition) is 2. The minimum atomic E-state index is -1.56. The highest BCUT2D eigenvalue weighted by Gasteiger charge is 2.36. The summed E-state index contributed by atoms with van der Waals surface area (Å²) in [5.74, 6) is 0.0706. The van der Waals surface area contributed by atoms with Crippen molar-refractivity contribution in [3.8, 4) is 0 Å². The van der Waals surface area contributed by atoms with Crippen LogP contribution in [0.5, 0.6) is 0 Å². The smallest absolute Gasteiger partial charge is 0.230 e. The summed E-state index contributed by atoms with van der Waals surface area (Å²) < 4.78 is 6.12. The van der Waals surface area contributed by atoms with Crippen LogP contribution < -0.4 is 5.32 Å². The van der Waals surface area contributed by atoms with Gasteiger partial charge in [-0.15, -0.1) is 0 Å². The third-order valence-electron chi connectivity index (χ3n) is 3.78. The molecule has 0 atom stereocenters. The Kier molecular flexibility index (Phi) is 9.20. The first-order valence-electron chi connectivity index (χ1n) is 7.17. The second-order valence-corrected chi connectivity index (χ2v) is 11.9. The lowest BCUT2D eigenvalue weighted by Gasteiger charge is -2.36. The molecule has 0 aromatic carbocycles. The Balaban J connectivity index is 3.49. The fourth-order valence-electron chi connectivity index (χ4n) is 1.40. The van der Waals surface area contributed by atoms with Crippen LogP contribution in [0.2, 0.25) is 18.1 Å². The lowest BCUT2D eigenvalue weighted by atomic mass is 10.2. The van der Waals surface area contributed by atoms with E-state index in [0.29, 0.717) is 10.4 Å². The topological polar surface area (TPSA) is 38.3 Å². The van der Waals surface area contributed by atoms with E-state index in [-0.39, 0.29) is 5.91 Å². The van der Waals surface area contributed by atoms with E-state index in [1.807, 2.05) is 0 Å². The molecular weight excluding hydrogens is 322 g/mol. The number of hydrogen-bond donors (Lipinski definition) is 1. The van der Waals surface area contributed by atoms with Crippen LogP contribution in [0, 0.1) is 0 Å². The van der Waals surface area contributed by atoms with Gasteiger partial charge in [0.1, 0.15) is 0 Å². The second kappa shape index (κ2) is 9.13. The summed E-state index contributed by atoms with van der Waals surface area (Å²) >= 11 is 3.13. The number of unbranched alkanes of at least 4 members (excludes halogenated alkanes) is 3. The van der Waals surface area contributed by atoms with Crippen molar-refractivity contribution in [2.75, 3.05) is 18.5 Å². The molecule has 0 saturated heterocycles. The van der Waals surface area contributed by atoms with E-state index < -0.39 is 8.32 Å². The fraction of sp³-hybridized carbons (Fsp3) is 0.929. The molecule has 0 saturated carbocycles.